The van der Waals surface area contributed by atoms with Gasteiger partial charge < -0.3 is 14.8 Å². The smallest absolute Gasteiger partial charge is 0.270 e. The van der Waals surface area contributed by atoms with E-state index in [0.29, 0.717) is 18.7 Å². The largest absolute Gasteiger partial charge is 0.358 e. The molecule has 5 nitrogen and oxygen atoms in total. The first-order valence-corrected chi connectivity index (χ1v) is 11.2. The Bertz CT molecular complexity index is 1320. The van der Waals surface area contributed by atoms with Crippen LogP contribution in [0, 0.1) is 11.3 Å². The number of carbonyl (C=O) groups is 1. The average Bonchev–Trinajstić information content (AvgIpc) is 3.37. The molecule has 0 saturated heterocycles. The first-order chi connectivity index (χ1) is 15.7. The summed E-state index contributed by atoms with van der Waals surface area (Å²) in [5.41, 5.74) is 7.72. The fourth-order valence-corrected chi connectivity index (χ4v) is 5.85. The maximum absolute atomic E-state index is 13.5. The standard InChI is InChI=1S/C27H24N4O/c1-2-12-30-16-22-21(18-9-7-17(15-28)8-10-18)14-24-25-20(11-13-31(24)26(22)27(30)32)19-5-3-4-6-23(19)29-25/h2-10,21,24,29H,1,11-14,16H2/t21-,24-/m1/s1. The van der Waals surface area contributed by atoms with Gasteiger partial charge in [-0.25, -0.2) is 0 Å². The number of para-hydroxylation sites is 1. The number of H-pyrrole nitrogens is 1. The van der Waals surface area contributed by atoms with Crippen LogP contribution < -0.4 is 0 Å². The van der Waals surface area contributed by atoms with E-state index < -0.39 is 0 Å². The Morgan fingerprint density at radius 3 is 2.78 bits per heavy atom. The second-order valence-corrected chi connectivity index (χ2v) is 8.89. The van der Waals surface area contributed by atoms with E-state index in [2.05, 4.69) is 58.9 Å². The zero-order chi connectivity index (χ0) is 21.8. The van der Waals surface area contributed by atoms with E-state index in [0.717, 1.165) is 25.1 Å². The lowest BCUT2D eigenvalue weighted by molar-refractivity contribution is -0.126. The number of aromatic nitrogens is 1. The van der Waals surface area contributed by atoms with E-state index >= 15 is 0 Å². The third-order valence-corrected chi connectivity index (χ3v) is 7.27. The van der Waals surface area contributed by atoms with Crippen molar-refractivity contribution < 1.29 is 4.79 Å². The Balaban J connectivity index is 1.49. The Kier molecular flexibility index (Phi) is 4.22. The van der Waals surface area contributed by atoms with Crippen LogP contribution in [-0.2, 0) is 11.2 Å². The molecule has 1 amide bonds. The molecule has 2 aromatic carbocycles. The predicted octanol–water partition coefficient (Wildman–Crippen LogP) is 4.41. The number of benzene rings is 2. The molecule has 1 N–H and O–H groups in total. The molecule has 0 spiro atoms. The lowest BCUT2D eigenvalue weighted by Gasteiger charge is -2.43. The van der Waals surface area contributed by atoms with Gasteiger partial charge in [-0.15, -0.1) is 6.58 Å². The van der Waals surface area contributed by atoms with Gasteiger partial charge >= 0.3 is 0 Å². The lowest BCUT2D eigenvalue weighted by atomic mass is 9.78. The van der Waals surface area contributed by atoms with Gasteiger partial charge in [0.05, 0.1) is 17.7 Å². The number of amides is 1. The molecule has 2 atom stereocenters. The maximum atomic E-state index is 13.5. The van der Waals surface area contributed by atoms with Gasteiger partial charge in [0.2, 0.25) is 0 Å². The molecule has 4 heterocycles. The minimum absolute atomic E-state index is 0.114. The van der Waals surface area contributed by atoms with Crippen molar-refractivity contribution in [2.24, 2.45) is 0 Å². The highest BCUT2D eigenvalue weighted by molar-refractivity contribution is 5.97. The summed E-state index contributed by atoms with van der Waals surface area (Å²) >= 11 is 0. The molecular weight excluding hydrogens is 396 g/mol. The molecule has 32 heavy (non-hydrogen) atoms. The Morgan fingerprint density at radius 2 is 2.00 bits per heavy atom. The SMILES string of the molecule is C=CCN1CC2=C(C1=O)N1CCc3c([nH]c4ccccc34)[C@H]1C[C@@H]2c1ccc(C#N)cc1. The van der Waals surface area contributed by atoms with E-state index in [1.807, 2.05) is 17.0 Å². The van der Waals surface area contributed by atoms with Gasteiger partial charge in [-0.05, 0) is 47.7 Å². The molecule has 1 aromatic heterocycles. The van der Waals surface area contributed by atoms with E-state index in [9.17, 15) is 10.1 Å². The summed E-state index contributed by atoms with van der Waals surface area (Å²) in [7, 11) is 0. The van der Waals surface area contributed by atoms with Gasteiger partial charge in [-0.3, -0.25) is 4.79 Å². The first kappa shape index (κ1) is 18.9. The normalized spacial score (nSPS) is 21.9. The van der Waals surface area contributed by atoms with Crippen LogP contribution in [0.3, 0.4) is 0 Å². The molecule has 3 aromatic rings. The van der Waals surface area contributed by atoms with Crippen LogP contribution in [0.1, 0.15) is 40.8 Å². The Labute approximate surface area is 187 Å². The number of nitriles is 1. The third-order valence-electron chi connectivity index (χ3n) is 7.27. The molecule has 0 radical (unpaired) electrons. The fraction of sp³-hybridized carbons (Fsp3) is 0.259. The van der Waals surface area contributed by atoms with E-state index in [-0.39, 0.29) is 17.9 Å². The highest BCUT2D eigenvalue weighted by Crippen LogP contribution is 2.50. The van der Waals surface area contributed by atoms with Gasteiger partial charge in [0, 0.05) is 42.1 Å². The van der Waals surface area contributed by atoms with Crippen molar-refractivity contribution in [3.63, 3.8) is 0 Å². The number of hydrogen-bond acceptors (Lipinski definition) is 3. The van der Waals surface area contributed by atoms with E-state index in [1.54, 1.807) is 6.08 Å². The van der Waals surface area contributed by atoms with Crippen LogP contribution in [0.15, 0.2) is 72.5 Å². The molecule has 5 heteroatoms. The fourth-order valence-electron chi connectivity index (χ4n) is 5.85. The van der Waals surface area contributed by atoms with Crippen LogP contribution in [0.4, 0.5) is 0 Å². The monoisotopic (exact) mass is 420 g/mol. The zero-order valence-corrected chi connectivity index (χ0v) is 17.8. The molecule has 158 valence electrons. The predicted molar refractivity (Wildman–Crippen MR) is 124 cm³/mol. The third kappa shape index (κ3) is 2.66. The van der Waals surface area contributed by atoms with Crippen molar-refractivity contribution in [3.8, 4) is 6.07 Å². The molecule has 0 unspecified atom stereocenters. The molecule has 0 bridgehead atoms. The molecule has 0 fully saturated rings. The molecule has 3 aliphatic heterocycles. The van der Waals surface area contributed by atoms with Crippen molar-refractivity contribution in [1.29, 1.82) is 5.26 Å². The van der Waals surface area contributed by atoms with Crippen molar-refractivity contribution in [2.75, 3.05) is 19.6 Å². The average molecular weight is 421 g/mol. The molecule has 0 aliphatic carbocycles. The van der Waals surface area contributed by atoms with Crippen LogP contribution in [-0.4, -0.2) is 40.3 Å². The van der Waals surface area contributed by atoms with Crippen molar-refractivity contribution in [2.45, 2.75) is 24.8 Å². The van der Waals surface area contributed by atoms with Gasteiger partial charge in [-0.2, -0.15) is 5.26 Å². The highest BCUT2D eigenvalue weighted by Gasteiger charge is 2.46. The van der Waals surface area contributed by atoms with Crippen LogP contribution >= 0.6 is 0 Å². The Morgan fingerprint density at radius 1 is 1.19 bits per heavy atom. The number of nitrogens with one attached hydrogen (secondary N) is 1. The lowest BCUT2D eigenvalue weighted by Crippen LogP contribution is -2.41. The Hall–Kier alpha value is -3.78. The van der Waals surface area contributed by atoms with Gasteiger partial charge in [0.15, 0.2) is 0 Å². The number of rotatable bonds is 3. The van der Waals surface area contributed by atoms with Crippen LogP contribution in [0.2, 0.25) is 0 Å². The number of aromatic amines is 1. The van der Waals surface area contributed by atoms with Crippen molar-refractivity contribution in [1.82, 2.24) is 14.8 Å². The highest BCUT2D eigenvalue weighted by atomic mass is 16.2. The molecule has 0 saturated carbocycles. The number of carbonyl (C=O) groups excluding carboxylic acids is 1. The van der Waals surface area contributed by atoms with Gasteiger partial charge in [0.25, 0.3) is 5.91 Å². The second kappa shape index (κ2) is 7.13. The minimum Gasteiger partial charge on any atom is -0.358 e. The summed E-state index contributed by atoms with van der Waals surface area (Å²) in [6, 6.07) is 18.7. The van der Waals surface area contributed by atoms with Crippen molar-refractivity contribution in [3.05, 3.63) is 94.8 Å². The summed E-state index contributed by atoms with van der Waals surface area (Å²) < 4.78 is 0. The summed E-state index contributed by atoms with van der Waals surface area (Å²) in [6.07, 6.45) is 3.65. The first-order valence-electron chi connectivity index (χ1n) is 11.2. The maximum Gasteiger partial charge on any atom is 0.270 e. The van der Waals surface area contributed by atoms with Crippen LogP contribution in [0.25, 0.3) is 10.9 Å². The number of hydrogen-bond donors (Lipinski definition) is 1. The minimum atomic E-state index is 0.114. The van der Waals surface area contributed by atoms with Gasteiger partial charge in [0.1, 0.15) is 5.70 Å². The zero-order valence-electron chi connectivity index (χ0n) is 17.8. The van der Waals surface area contributed by atoms with Crippen molar-refractivity contribution >= 4 is 16.8 Å². The van der Waals surface area contributed by atoms with Crippen LogP contribution in [0.5, 0.6) is 0 Å². The molecule has 6 rings (SSSR count). The summed E-state index contributed by atoms with van der Waals surface area (Å²) in [5, 5.41) is 10.5. The van der Waals surface area contributed by atoms with E-state index in [1.165, 1.54) is 33.3 Å². The summed E-state index contributed by atoms with van der Waals surface area (Å²) in [6.45, 7) is 5.90. The summed E-state index contributed by atoms with van der Waals surface area (Å²) in [4.78, 5) is 21.4. The number of fused-ring (bicyclic) bond motifs is 6. The quantitative estimate of drug-likeness (QED) is 0.639. The molecular formula is C27H24N4O. The second-order valence-electron chi connectivity index (χ2n) is 8.89. The van der Waals surface area contributed by atoms with E-state index in [4.69, 9.17) is 0 Å². The molecule has 3 aliphatic rings. The topological polar surface area (TPSA) is 63.1 Å². The number of nitrogens with zero attached hydrogens (tertiary/aromatic N) is 3. The summed E-state index contributed by atoms with van der Waals surface area (Å²) in [5.74, 6) is 0.262. The van der Waals surface area contributed by atoms with Gasteiger partial charge in [-0.1, -0.05) is 36.4 Å².